The Kier molecular flexibility index (Phi) is 4.23. The van der Waals surface area contributed by atoms with E-state index in [1.807, 2.05) is 60.7 Å². The second kappa shape index (κ2) is 6.85. The van der Waals surface area contributed by atoms with E-state index in [1.165, 1.54) is 0 Å². The van der Waals surface area contributed by atoms with Gasteiger partial charge in [0, 0.05) is 5.69 Å². The zero-order chi connectivity index (χ0) is 18.8. The van der Waals surface area contributed by atoms with Crippen LogP contribution in [-0.2, 0) is 0 Å². The minimum atomic E-state index is -0.420. The van der Waals surface area contributed by atoms with E-state index in [1.54, 1.807) is 24.1 Å². The number of hydrogen-bond donors (Lipinski definition) is 1. The van der Waals surface area contributed by atoms with Crippen molar-refractivity contribution in [1.82, 2.24) is 0 Å². The van der Waals surface area contributed by atoms with Crippen molar-refractivity contribution in [3.8, 4) is 11.8 Å². The number of nitriles is 1. The molecule has 1 aliphatic rings. The number of rotatable bonds is 3. The summed E-state index contributed by atoms with van der Waals surface area (Å²) in [4.78, 5) is 15.1. The number of anilines is 2. The number of nitrogens with zero attached hydrogens (tertiary/aromatic N) is 2. The largest absolute Gasteiger partial charge is 0.495 e. The summed E-state index contributed by atoms with van der Waals surface area (Å²) in [5.74, 6) is 0.508. The molecule has 0 saturated heterocycles. The number of methoxy groups -OCH3 is 1. The van der Waals surface area contributed by atoms with Crippen molar-refractivity contribution < 1.29 is 9.53 Å². The van der Waals surface area contributed by atoms with Gasteiger partial charge in [0.25, 0.3) is 5.91 Å². The zero-order valence-electron chi connectivity index (χ0n) is 14.7. The number of benzene rings is 3. The van der Waals surface area contributed by atoms with E-state index in [2.05, 4.69) is 11.4 Å². The molecule has 0 aromatic heterocycles. The molecule has 0 spiro atoms. The van der Waals surface area contributed by atoms with Crippen LogP contribution < -0.4 is 15.0 Å². The van der Waals surface area contributed by atoms with E-state index in [0.717, 1.165) is 11.3 Å². The Hall–Kier alpha value is -3.78. The molecule has 1 aliphatic heterocycles. The summed E-state index contributed by atoms with van der Waals surface area (Å²) >= 11 is 0. The third kappa shape index (κ3) is 2.87. The molecule has 0 unspecified atom stereocenters. The number of amides is 1. The average Bonchev–Trinajstić information content (AvgIpc) is 2.74. The molecule has 1 N–H and O–H groups in total. The Balaban J connectivity index is 1.88. The molecular formula is C22H17N3O2. The average molecular weight is 355 g/mol. The van der Waals surface area contributed by atoms with Gasteiger partial charge < -0.3 is 10.1 Å². The molecule has 1 atom stereocenters. The van der Waals surface area contributed by atoms with Crippen LogP contribution in [-0.4, -0.2) is 13.0 Å². The van der Waals surface area contributed by atoms with E-state index in [4.69, 9.17) is 10.00 Å². The molecule has 0 bridgehead atoms. The molecule has 27 heavy (non-hydrogen) atoms. The van der Waals surface area contributed by atoms with Crippen molar-refractivity contribution in [2.75, 3.05) is 17.3 Å². The molecule has 0 fully saturated rings. The van der Waals surface area contributed by atoms with Gasteiger partial charge in [-0.15, -0.1) is 0 Å². The van der Waals surface area contributed by atoms with Crippen LogP contribution in [0.5, 0.6) is 5.75 Å². The SMILES string of the molecule is COc1ccccc1N1C(=O)c2ccccc2N[C@H]1c1ccc(C#N)cc1. The predicted octanol–water partition coefficient (Wildman–Crippen LogP) is 4.34. The van der Waals surface area contributed by atoms with Crippen molar-refractivity contribution in [2.24, 2.45) is 0 Å². The smallest absolute Gasteiger partial charge is 0.262 e. The van der Waals surface area contributed by atoms with Crippen LogP contribution >= 0.6 is 0 Å². The lowest BCUT2D eigenvalue weighted by Crippen LogP contribution is -2.43. The quantitative estimate of drug-likeness (QED) is 0.759. The number of fused-ring (bicyclic) bond motifs is 1. The monoisotopic (exact) mass is 355 g/mol. The number of carbonyl (C=O) groups excluding carboxylic acids is 1. The zero-order valence-corrected chi connectivity index (χ0v) is 14.7. The molecule has 3 aromatic rings. The second-order valence-electron chi connectivity index (χ2n) is 6.17. The number of nitrogens with one attached hydrogen (secondary N) is 1. The van der Waals surface area contributed by atoms with E-state index >= 15 is 0 Å². The summed E-state index contributed by atoms with van der Waals surface area (Å²) in [7, 11) is 1.59. The first-order valence-corrected chi connectivity index (χ1v) is 8.55. The van der Waals surface area contributed by atoms with Crippen molar-refractivity contribution >= 4 is 17.3 Å². The van der Waals surface area contributed by atoms with Gasteiger partial charge in [0.1, 0.15) is 11.9 Å². The third-order valence-electron chi connectivity index (χ3n) is 4.63. The van der Waals surface area contributed by atoms with Gasteiger partial charge in [-0.05, 0) is 42.0 Å². The number of ether oxygens (including phenoxy) is 1. The number of carbonyl (C=O) groups is 1. The highest BCUT2D eigenvalue weighted by atomic mass is 16.5. The van der Waals surface area contributed by atoms with Gasteiger partial charge >= 0.3 is 0 Å². The Labute approximate surface area is 157 Å². The van der Waals surface area contributed by atoms with Crippen molar-refractivity contribution in [3.63, 3.8) is 0 Å². The van der Waals surface area contributed by atoms with Crippen LogP contribution in [0.15, 0.2) is 72.8 Å². The Morgan fingerprint density at radius 3 is 2.44 bits per heavy atom. The molecule has 5 nitrogen and oxygen atoms in total. The summed E-state index contributed by atoms with van der Waals surface area (Å²) in [5, 5.41) is 12.5. The first kappa shape index (κ1) is 16.7. The van der Waals surface area contributed by atoms with Crippen LogP contribution in [0.1, 0.15) is 27.7 Å². The molecule has 0 saturated carbocycles. The Morgan fingerprint density at radius 2 is 1.70 bits per heavy atom. The topological polar surface area (TPSA) is 65.4 Å². The van der Waals surface area contributed by atoms with Crippen molar-refractivity contribution in [1.29, 1.82) is 5.26 Å². The van der Waals surface area contributed by atoms with Gasteiger partial charge in [-0.25, -0.2) is 0 Å². The number of hydrogen-bond acceptors (Lipinski definition) is 4. The minimum Gasteiger partial charge on any atom is -0.495 e. The van der Waals surface area contributed by atoms with E-state index in [0.29, 0.717) is 22.6 Å². The van der Waals surface area contributed by atoms with E-state index in [9.17, 15) is 4.79 Å². The van der Waals surface area contributed by atoms with Crippen LogP contribution in [0, 0.1) is 11.3 Å². The highest BCUT2D eigenvalue weighted by Crippen LogP contribution is 2.40. The van der Waals surface area contributed by atoms with Gasteiger partial charge in [-0.1, -0.05) is 36.4 Å². The number of para-hydroxylation sites is 3. The summed E-state index contributed by atoms with van der Waals surface area (Å²) in [5.41, 5.74) is 3.52. The molecule has 1 heterocycles. The fourth-order valence-electron chi connectivity index (χ4n) is 3.30. The van der Waals surface area contributed by atoms with Crippen LogP contribution in [0.2, 0.25) is 0 Å². The molecule has 1 amide bonds. The highest BCUT2D eigenvalue weighted by molar-refractivity contribution is 6.12. The predicted molar refractivity (Wildman–Crippen MR) is 104 cm³/mol. The molecule has 132 valence electrons. The van der Waals surface area contributed by atoms with Crippen LogP contribution in [0.25, 0.3) is 0 Å². The van der Waals surface area contributed by atoms with E-state index < -0.39 is 6.17 Å². The Bertz CT molecular complexity index is 1040. The van der Waals surface area contributed by atoms with Gasteiger partial charge in [0.15, 0.2) is 0 Å². The first-order chi connectivity index (χ1) is 13.2. The van der Waals surface area contributed by atoms with Gasteiger partial charge in [0.2, 0.25) is 0 Å². The molecule has 3 aromatic carbocycles. The highest BCUT2D eigenvalue weighted by Gasteiger charge is 2.35. The standard InChI is InChI=1S/C22H17N3O2/c1-27-20-9-5-4-8-19(20)25-21(16-12-10-15(14-23)11-13-16)24-18-7-3-2-6-17(18)22(25)26/h2-13,21,24H,1H3/t21-/m1/s1. The van der Waals surface area contributed by atoms with Crippen molar-refractivity contribution in [3.05, 3.63) is 89.5 Å². The minimum absolute atomic E-state index is 0.108. The molecule has 4 rings (SSSR count). The summed E-state index contributed by atoms with van der Waals surface area (Å²) < 4.78 is 5.49. The lowest BCUT2D eigenvalue weighted by Gasteiger charge is -2.38. The molecule has 5 heteroatoms. The summed E-state index contributed by atoms with van der Waals surface area (Å²) in [6.07, 6.45) is -0.420. The fourth-order valence-corrected chi connectivity index (χ4v) is 3.30. The van der Waals surface area contributed by atoms with Gasteiger partial charge in [-0.3, -0.25) is 9.69 Å². The molecular weight excluding hydrogens is 338 g/mol. The maximum atomic E-state index is 13.4. The van der Waals surface area contributed by atoms with Gasteiger partial charge in [0.05, 0.1) is 30.0 Å². The second-order valence-corrected chi connectivity index (χ2v) is 6.17. The maximum absolute atomic E-state index is 13.4. The summed E-state index contributed by atoms with van der Waals surface area (Å²) in [6, 6.07) is 24.2. The van der Waals surface area contributed by atoms with Crippen LogP contribution in [0.3, 0.4) is 0 Å². The lowest BCUT2D eigenvalue weighted by atomic mass is 10.0. The summed E-state index contributed by atoms with van der Waals surface area (Å²) in [6.45, 7) is 0. The van der Waals surface area contributed by atoms with E-state index in [-0.39, 0.29) is 5.91 Å². The Morgan fingerprint density at radius 1 is 1.00 bits per heavy atom. The molecule has 0 aliphatic carbocycles. The molecule has 0 radical (unpaired) electrons. The maximum Gasteiger partial charge on any atom is 0.262 e. The lowest BCUT2D eigenvalue weighted by molar-refractivity contribution is 0.0974. The fraction of sp³-hybridized carbons (Fsp3) is 0.0909. The first-order valence-electron chi connectivity index (χ1n) is 8.55. The van der Waals surface area contributed by atoms with Gasteiger partial charge in [-0.2, -0.15) is 5.26 Å². The van der Waals surface area contributed by atoms with Crippen molar-refractivity contribution in [2.45, 2.75) is 6.17 Å². The third-order valence-corrected chi connectivity index (χ3v) is 4.63. The normalized spacial score (nSPS) is 15.5. The van der Waals surface area contributed by atoms with Crippen LogP contribution in [0.4, 0.5) is 11.4 Å².